The number of aromatic amines is 1. The summed E-state index contributed by atoms with van der Waals surface area (Å²) in [7, 11) is 0. The van der Waals surface area contributed by atoms with E-state index in [-0.39, 0.29) is 12.0 Å². The molecule has 4 rings (SSSR count). The Kier molecular flexibility index (Phi) is 4.21. The number of fused-ring (bicyclic) bond motifs is 1. The minimum absolute atomic E-state index is 0.175. The summed E-state index contributed by atoms with van der Waals surface area (Å²) in [4.78, 5) is 21.2. The topological polar surface area (TPSA) is 66.5 Å². The largest absolute Gasteiger partial charge is 0.387 e. The van der Waals surface area contributed by atoms with Crippen LogP contribution in [0.15, 0.2) is 53.7 Å². The van der Waals surface area contributed by atoms with Gasteiger partial charge in [-0.25, -0.2) is 0 Å². The molecule has 0 fully saturated rings. The van der Waals surface area contributed by atoms with E-state index in [0.717, 1.165) is 16.6 Å². The van der Waals surface area contributed by atoms with Crippen LogP contribution >= 0.6 is 0 Å². The quantitative estimate of drug-likeness (QED) is 0.751. The molecular formula is C21H21N3O2. The molecule has 2 N–H and O–H groups in total. The van der Waals surface area contributed by atoms with Gasteiger partial charge in [0.2, 0.25) is 0 Å². The molecule has 3 aromatic rings. The summed E-state index contributed by atoms with van der Waals surface area (Å²) >= 11 is 0. The van der Waals surface area contributed by atoms with Crippen molar-refractivity contribution >= 4 is 22.5 Å². The maximum Gasteiger partial charge on any atom is 0.269 e. The van der Waals surface area contributed by atoms with Crippen LogP contribution in [0.2, 0.25) is 0 Å². The van der Waals surface area contributed by atoms with Crippen LogP contribution in [0.25, 0.3) is 10.9 Å². The van der Waals surface area contributed by atoms with Crippen LogP contribution in [0.4, 0.5) is 0 Å². The molecule has 0 spiro atoms. The molecule has 2 aromatic carbocycles. The number of nitrogens with zero attached hydrogens (tertiary/aromatic N) is 1. The molecule has 0 aliphatic carbocycles. The average molecular weight is 347 g/mol. The van der Waals surface area contributed by atoms with Crippen molar-refractivity contribution in [2.45, 2.75) is 32.9 Å². The molecule has 132 valence electrons. The molecule has 0 saturated carbocycles. The molecule has 1 aliphatic rings. The van der Waals surface area contributed by atoms with Gasteiger partial charge in [-0.15, -0.1) is 0 Å². The second-order valence-electron chi connectivity index (χ2n) is 6.68. The summed E-state index contributed by atoms with van der Waals surface area (Å²) < 4.78 is 0. The van der Waals surface area contributed by atoms with Crippen molar-refractivity contribution in [2.24, 2.45) is 5.16 Å². The molecule has 26 heavy (non-hydrogen) atoms. The minimum atomic E-state index is -0.182. The van der Waals surface area contributed by atoms with Gasteiger partial charge in [-0.05, 0) is 42.7 Å². The second kappa shape index (κ2) is 6.67. The number of hydrogen-bond donors (Lipinski definition) is 2. The van der Waals surface area contributed by atoms with E-state index in [9.17, 15) is 4.79 Å². The first-order valence-corrected chi connectivity index (χ1v) is 8.75. The monoisotopic (exact) mass is 347 g/mol. The summed E-state index contributed by atoms with van der Waals surface area (Å²) in [6, 6.07) is 16.0. The van der Waals surface area contributed by atoms with Crippen LogP contribution in [0, 0.1) is 13.8 Å². The number of amides is 1. The van der Waals surface area contributed by atoms with Crippen LogP contribution in [0.3, 0.4) is 0 Å². The lowest BCUT2D eigenvalue weighted by Gasteiger charge is -2.08. The summed E-state index contributed by atoms with van der Waals surface area (Å²) in [5.41, 5.74) is 6.07. The SMILES string of the molecule is Cc1[nH]c2ccc(CNC(=O)C3=NOC(c4ccccc4)C3)cc2c1C. The summed E-state index contributed by atoms with van der Waals surface area (Å²) in [6.45, 7) is 4.64. The number of carbonyl (C=O) groups is 1. The molecule has 0 bridgehead atoms. The molecule has 5 nitrogen and oxygen atoms in total. The lowest BCUT2D eigenvalue weighted by molar-refractivity contribution is -0.115. The molecule has 1 amide bonds. The lowest BCUT2D eigenvalue weighted by atomic mass is 10.0. The molecule has 0 saturated heterocycles. The molecule has 1 atom stereocenters. The fourth-order valence-corrected chi connectivity index (χ4v) is 3.26. The van der Waals surface area contributed by atoms with Gasteiger partial charge in [0.15, 0.2) is 6.10 Å². The predicted molar refractivity (Wildman–Crippen MR) is 102 cm³/mol. The fourth-order valence-electron chi connectivity index (χ4n) is 3.26. The van der Waals surface area contributed by atoms with E-state index >= 15 is 0 Å². The smallest absolute Gasteiger partial charge is 0.269 e. The van der Waals surface area contributed by atoms with E-state index in [1.54, 1.807) is 0 Å². The van der Waals surface area contributed by atoms with E-state index in [2.05, 4.69) is 41.4 Å². The number of oxime groups is 1. The lowest BCUT2D eigenvalue weighted by Crippen LogP contribution is -2.29. The van der Waals surface area contributed by atoms with E-state index in [1.165, 1.54) is 16.6 Å². The maximum atomic E-state index is 12.4. The Hall–Kier alpha value is -3.08. The van der Waals surface area contributed by atoms with E-state index in [4.69, 9.17) is 4.84 Å². The number of benzene rings is 2. The number of nitrogens with one attached hydrogen (secondary N) is 2. The Labute approximate surface area is 152 Å². The Morgan fingerprint density at radius 2 is 2.04 bits per heavy atom. The second-order valence-corrected chi connectivity index (χ2v) is 6.68. The third-order valence-electron chi connectivity index (χ3n) is 4.93. The Morgan fingerprint density at radius 1 is 1.23 bits per heavy atom. The first-order valence-electron chi connectivity index (χ1n) is 8.75. The third kappa shape index (κ3) is 3.08. The van der Waals surface area contributed by atoms with Crippen LogP contribution in [-0.4, -0.2) is 16.6 Å². The molecule has 1 aliphatic heterocycles. The normalized spacial score (nSPS) is 16.4. The van der Waals surface area contributed by atoms with Gasteiger partial charge in [-0.2, -0.15) is 0 Å². The zero-order valence-electron chi connectivity index (χ0n) is 14.9. The number of aryl methyl sites for hydroxylation is 2. The highest BCUT2D eigenvalue weighted by Crippen LogP contribution is 2.27. The Balaban J connectivity index is 1.39. The van der Waals surface area contributed by atoms with E-state index in [0.29, 0.717) is 18.7 Å². The van der Waals surface area contributed by atoms with Crippen LogP contribution < -0.4 is 5.32 Å². The van der Waals surface area contributed by atoms with Crippen molar-refractivity contribution < 1.29 is 9.63 Å². The summed E-state index contributed by atoms with van der Waals surface area (Å²) in [5, 5.41) is 8.11. The Morgan fingerprint density at radius 3 is 2.85 bits per heavy atom. The van der Waals surface area contributed by atoms with Crippen molar-refractivity contribution in [2.75, 3.05) is 0 Å². The molecule has 2 heterocycles. The molecule has 1 aromatic heterocycles. The zero-order chi connectivity index (χ0) is 18.1. The van der Waals surface area contributed by atoms with Gasteiger partial charge in [-0.1, -0.05) is 41.6 Å². The van der Waals surface area contributed by atoms with Crippen LogP contribution in [0.5, 0.6) is 0 Å². The van der Waals surface area contributed by atoms with Crippen LogP contribution in [-0.2, 0) is 16.2 Å². The van der Waals surface area contributed by atoms with Gasteiger partial charge in [0.1, 0.15) is 5.71 Å². The fraction of sp³-hybridized carbons (Fsp3) is 0.238. The molecule has 1 unspecified atom stereocenters. The third-order valence-corrected chi connectivity index (χ3v) is 4.93. The Bertz CT molecular complexity index is 989. The van der Waals surface area contributed by atoms with Gasteiger partial charge in [0.05, 0.1) is 0 Å². The first kappa shape index (κ1) is 16.4. The van der Waals surface area contributed by atoms with Crippen molar-refractivity contribution in [1.29, 1.82) is 0 Å². The van der Waals surface area contributed by atoms with Crippen molar-refractivity contribution in [3.8, 4) is 0 Å². The van der Waals surface area contributed by atoms with Gasteiger partial charge in [0, 0.05) is 29.6 Å². The molecule has 5 heteroatoms. The van der Waals surface area contributed by atoms with Crippen molar-refractivity contribution in [1.82, 2.24) is 10.3 Å². The standard InChI is InChI=1S/C21H21N3O2/c1-13-14(2)23-18-9-8-15(10-17(13)18)12-22-21(25)19-11-20(26-24-19)16-6-4-3-5-7-16/h3-10,20,23H,11-12H2,1-2H3,(H,22,25). The summed E-state index contributed by atoms with van der Waals surface area (Å²) in [6.07, 6.45) is 0.309. The van der Waals surface area contributed by atoms with Crippen molar-refractivity contribution in [3.63, 3.8) is 0 Å². The van der Waals surface area contributed by atoms with Gasteiger partial charge in [0.25, 0.3) is 5.91 Å². The highest BCUT2D eigenvalue weighted by atomic mass is 16.6. The van der Waals surface area contributed by atoms with Gasteiger partial charge < -0.3 is 15.1 Å². The highest BCUT2D eigenvalue weighted by molar-refractivity contribution is 6.39. The number of H-pyrrole nitrogens is 1. The predicted octanol–water partition coefficient (Wildman–Crippen LogP) is 3.92. The van der Waals surface area contributed by atoms with Gasteiger partial charge in [-0.3, -0.25) is 4.79 Å². The number of hydrogen-bond acceptors (Lipinski definition) is 3. The minimum Gasteiger partial charge on any atom is -0.387 e. The average Bonchev–Trinajstić information content (AvgIpc) is 3.27. The summed E-state index contributed by atoms with van der Waals surface area (Å²) in [5.74, 6) is -0.175. The number of aromatic nitrogens is 1. The maximum absolute atomic E-state index is 12.4. The molecule has 0 radical (unpaired) electrons. The zero-order valence-corrected chi connectivity index (χ0v) is 14.9. The number of rotatable bonds is 4. The first-order chi connectivity index (χ1) is 12.6. The van der Waals surface area contributed by atoms with Crippen molar-refractivity contribution in [3.05, 3.63) is 70.9 Å². The van der Waals surface area contributed by atoms with E-state index < -0.39 is 0 Å². The molecular weight excluding hydrogens is 326 g/mol. The van der Waals surface area contributed by atoms with Gasteiger partial charge >= 0.3 is 0 Å². The highest BCUT2D eigenvalue weighted by Gasteiger charge is 2.27. The number of carbonyl (C=O) groups excluding carboxylic acids is 1. The van der Waals surface area contributed by atoms with Crippen LogP contribution in [0.1, 0.15) is 34.9 Å². The van der Waals surface area contributed by atoms with E-state index in [1.807, 2.05) is 36.4 Å².